The minimum atomic E-state index is -0.0887. The van der Waals surface area contributed by atoms with Gasteiger partial charge in [-0.2, -0.15) is 4.98 Å². The summed E-state index contributed by atoms with van der Waals surface area (Å²) in [6.45, 7) is 5.68. The molecule has 6 rings (SSSR count). The zero-order valence-corrected chi connectivity index (χ0v) is 22.1. The predicted molar refractivity (Wildman–Crippen MR) is 149 cm³/mol. The van der Waals surface area contributed by atoms with Crippen LogP contribution in [0.5, 0.6) is 0 Å². The molecule has 0 aromatic carbocycles. The largest absolute Gasteiger partial charge is 0.461 e. The Labute approximate surface area is 231 Å². The Morgan fingerprint density at radius 1 is 1.05 bits per heavy atom. The SMILES string of the molecule is Cc1cccc(-c2nccc(Nc3ccnc(Nc4cncc(CN5CC(C(=O)O[C@H]6CCNC6)C5)c4)n3)n2)n1. The van der Waals surface area contributed by atoms with E-state index in [0.717, 1.165) is 36.5 Å². The van der Waals surface area contributed by atoms with E-state index in [1.807, 2.05) is 37.4 Å². The van der Waals surface area contributed by atoms with E-state index in [2.05, 4.69) is 50.8 Å². The van der Waals surface area contributed by atoms with Crippen LogP contribution in [-0.4, -0.2) is 73.1 Å². The van der Waals surface area contributed by atoms with E-state index in [1.54, 1.807) is 30.7 Å². The van der Waals surface area contributed by atoms with Crippen LogP contribution in [0.3, 0.4) is 0 Å². The number of hydrogen-bond acceptors (Lipinski definition) is 12. The Balaban J connectivity index is 1.04. The van der Waals surface area contributed by atoms with Gasteiger partial charge < -0.3 is 20.7 Å². The van der Waals surface area contributed by atoms with E-state index in [-0.39, 0.29) is 18.0 Å². The minimum Gasteiger partial charge on any atom is -0.461 e. The van der Waals surface area contributed by atoms with E-state index in [9.17, 15) is 4.79 Å². The number of esters is 1. The lowest BCUT2D eigenvalue weighted by molar-refractivity contribution is -0.159. The fraction of sp³-hybridized carbons (Fsp3) is 0.321. The molecule has 2 fully saturated rings. The average molecular weight is 539 g/mol. The van der Waals surface area contributed by atoms with Crippen molar-refractivity contribution >= 4 is 29.2 Å². The number of likely N-dealkylation sites (tertiary alicyclic amines) is 1. The number of nitrogens with one attached hydrogen (secondary N) is 3. The van der Waals surface area contributed by atoms with Crippen LogP contribution in [0.4, 0.5) is 23.3 Å². The highest BCUT2D eigenvalue weighted by molar-refractivity contribution is 5.74. The Morgan fingerprint density at radius 3 is 2.73 bits per heavy atom. The molecule has 0 spiro atoms. The van der Waals surface area contributed by atoms with Gasteiger partial charge in [0.25, 0.3) is 0 Å². The van der Waals surface area contributed by atoms with Crippen molar-refractivity contribution in [3.05, 3.63) is 72.4 Å². The van der Waals surface area contributed by atoms with Crippen LogP contribution < -0.4 is 16.0 Å². The number of aromatic nitrogens is 6. The van der Waals surface area contributed by atoms with Crippen LogP contribution in [0, 0.1) is 12.8 Å². The summed E-state index contributed by atoms with van der Waals surface area (Å²) in [4.78, 5) is 41.2. The first-order valence-corrected chi connectivity index (χ1v) is 13.3. The molecule has 12 nitrogen and oxygen atoms in total. The summed E-state index contributed by atoms with van der Waals surface area (Å²) < 4.78 is 5.60. The molecule has 0 unspecified atom stereocenters. The fourth-order valence-electron chi connectivity index (χ4n) is 4.71. The van der Waals surface area contributed by atoms with Gasteiger partial charge in [-0.15, -0.1) is 0 Å². The lowest BCUT2D eigenvalue weighted by atomic mass is 9.99. The van der Waals surface area contributed by atoms with Gasteiger partial charge in [0.2, 0.25) is 5.95 Å². The standard InChI is InChI=1S/C28H30N10O2/c1-18-3-2-4-23(33-18)26-31-9-6-24(36-26)35-25-7-10-32-28(37-25)34-21-11-19(12-30-13-21)15-38-16-20(17-38)27(39)40-22-5-8-29-14-22/h2-4,6-7,9-13,20,22,29H,5,8,14-17H2,1H3,(H2,31,32,34,35,36,37)/t22-/m0/s1. The number of ether oxygens (including phenoxy) is 1. The zero-order valence-electron chi connectivity index (χ0n) is 22.1. The maximum absolute atomic E-state index is 12.3. The topological polar surface area (TPSA) is 143 Å². The third-order valence-electron chi connectivity index (χ3n) is 6.73. The molecule has 0 bridgehead atoms. The van der Waals surface area contributed by atoms with Gasteiger partial charge in [-0.05, 0) is 55.8 Å². The van der Waals surface area contributed by atoms with Gasteiger partial charge in [-0.3, -0.25) is 14.7 Å². The molecule has 0 radical (unpaired) electrons. The Bertz CT molecular complexity index is 1490. The maximum atomic E-state index is 12.3. The third-order valence-corrected chi connectivity index (χ3v) is 6.73. The Morgan fingerprint density at radius 2 is 1.90 bits per heavy atom. The zero-order chi connectivity index (χ0) is 27.3. The summed E-state index contributed by atoms with van der Waals surface area (Å²) in [5, 5.41) is 9.65. The van der Waals surface area contributed by atoms with Crippen LogP contribution in [0.1, 0.15) is 17.7 Å². The summed E-state index contributed by atoms with van der Waals surface area (Å²) in [5.41, 5.74) is 3.41. The lowest BCUT2D eigenvalue weighted by Gasteiger charge is -2.38. The second-order valence-corrected chi connectivity index (χ2v) is 9.97. The summed E-state index contributed by atoms with van der Waals surface area (Å²) in [7, 11) is 0. The van der Waals surface area contributed by atoms with Crippen molar-refractivity contribution in [2.75, 3.05) is 36.8 Å². The maximum Gasteiger partial charge on any atom is 0.311 e. The van der Waals surface area contributed by atoms with Crippen LogP contribution in [0.25, 0.3) is 11.5 Å². The molecule has 204 valence electrons. The molecule has 2 saturated heterocycles. The molecule has 4 aromatic rings. The van der Waals surface area contributed by atoms with Crippen LogP contribution in [0.15, 0.2) is 61.2 Å². The Hall–Kier alpha value is -4.55. The molecule has 0 amide bonds. The summed E-state index contributed by atoms with van der Waals surface area (Å²) in [6, 6.07) is 11.3. The van der Waals surface area contributed by atoms with Crippen molar-refractivity contribution in [2.45, 2.75) is 26.0 Å². The molecule has 40 heavy (non-hydrogen) atoms. The first kappa shape index (κ1) is 25.7. The van der Waals surface area contributed by atoms with Gasteiger partial charge in [-0.25, -0.2) is 19.9 Å². The molecule has 0 saturated carbocycles. The first-order valence-electron chi connectivity index (χ1n) is 13.3. The third kappa shape index (κ3) is 6.35. The molecule has 1 atom stereocenters. The van der Waals surface area contributed by atoms with Crippen molar-refractivity contribution in [1.29, 1.82) is 0 Å². The molecule has 3 N–H and O–H groups in total. The van der Waals surface area contributed by atoms with Crippen molar-refractivity contribution in [3.8, 4) is 11.5 Å². The number of carbonyl (C=O) groups excluding carboxylic acids is 1. The number of hydrogen-bond donors (Lipinski definition) is 3. The van der Waals surface area contributed by atoms with E-state index in [1.165, 1.54) is 0 Å². The highest BCUT2D eigenvalue weighted by Gasteiger charge is 2.35. The van der Waals surface area contributed by atoms with Crippen LogP contribution >= 0.6 is 0 Å². The molecule has 4 aromatic heterocycles. The number of nitrogens with zero attached hydrogens (tertiary/aromatic N) is 7. The highest BCUT2D eigenvalue weighted by atomic mass is 16.5. The first-order chi connectivity index (χ1) is 19.6. The quantitative estimate of drug-likeness (QED) is 0.270. The normalized spacial score (nSPS) is 17.3. The van der Waals surface area contributed by atoms with Crippen molar-refractivity contribution in [2.24, 2.45) is 5.92 Å². The predicted octanol–water partition coefficient (Wildman–Crippen LogP) is 2.86. The average Bonchev–Trinajstić information content (AvgIpc) is 3.44. The van der Waals surface area contributed by atoms with Gasteiger partial charge in [0, 0.05) is 50.5 Å². The smallest absolute Gasteiger partial charge is 0.311 e. The van der Waals surface area contributed by atoms with E-state index >= 15 is 0 Å². The number of aryl methyl sites for hydroxylation is 1. The summed E-state index contributed by atoms with van der Waals surface area (Å²) in [6.07, 6.45) is 7.81. The minimum absolute atomic E-state index is 0.0128. The van der Waals surface area contributed by atoms with Crippen molar-refractivity contribution in [3.63, 3.8) is 0 Å². The van der Waals surface area contributed by atoms with Crippen LogP contribution in [0.2, 0.25) is 0 Å². The van der Waals surface area contributed by atoms with Gasteiger partial charge in [0.05, 0.1) is 17.8 Å². The Kier molecular flexibility index (Phi) is 7.51. The monoisotopic (exact) mass is 538 g/mol. The van der Waals surface area contributed by atoms with Gasteiger partial charge in [-0.1, -0.05) is 6.07 Å². The van der Waals surface area contributed by atoms with Crippen molar-refractivity contribution in [1.82, 2.24) is 40.1 Å². The second-order valence-electron chi connectivity index (χ2n) is 9.97. The van der Waals surface area contributed by atoms with Gasteiger partial charge in [0.15, 0.2) is 5.82 Å². The summed E-state index contributed by atoms with van der Waals surface area (Å²) >= 11 is 0. The molecule has 6 heterocycles. The molecule has 2 aliphatic rings. The molecule has 0 aliphatic carbocycles. The molecular formula is C28H30N10O2. The molecule has 12 heteroatoms. The highest BCUT2D eigenvalue weighted by Crippen LogP contribution is 2.23. The fourth-order valence-corrected chi connectivity index (χ4v) is 4.71. The lowest BCUT2D eigenvalue weighted by Crippen LogP contribution is -2.50. The number of carbonyl (C=O) groups is 1. The van der Waals surface area contributed by atoms with E-state index in [0.29, 0.717) is 48.7 Å². The molecular weight excluding hydrogens is 508 g/mol. The van der Waals surface area contributed by atoms with Crippen molar-refractivity contribution < 1.29 is 9.53 Å². The number of rotatable bonds is 9. The van der Waals surface area contributed by atoms with E-state index in [4.69, 9.17) is 4.74 Å². The van der Waals surface area contributed by atoms with Crippen LogP contribution in [-0.2, 0) is 16.1 Å². The number of pyridine rings is 2. The second kappa shape index (κ2) is 11.7. The summed E-state index contributed by atoms with van der Waals surface area (Å²) in [5.74, 6) is 1.98. The number of anilines is 4. The van der Waals surface area contributed by atoms with E-state index < -0.39 is 0 Å². The molecule has 2 aliphatic heterocycles. The van der Waals surface area contributed by atoms with Gasteiger partial charge >= 0.3 is 5.97 Å². The van der Waals surface area contributed by atoms with Gasteiger partial charge in [0.1, 0.15) is 23.4 Å².